The van der Waals surface area contributed by atoms with Crippen LogP contribution in [-0.4, -0.2) is 73.6 Å². The Morgan fingerprint density at radius 3 is 1.77 bits per heavy atom. The van der Waals surface area contributed by atoms with Gasteiger partial charge in [0.05, 0.1) is 23.0 Å². The van der Waals surface area contributed by atoms with Crippen molar-refractivity contribution in [2.75, 3.05) is 6.61 Å². The van der Waals surface area contributed by atoms with Crippen LogP contribution in [0.4, 0.5) is 0 Å². The number of nitriles is 1. The molecule has 0 spiro atoms. The zero-order chi connectivity index (χ0) is 32.9. The Balaban J connectivity index is 2.33. The van der Waals surface area contributed by atoms with Crippen molar-refractivity contribution in [1.29, 1.82) is 5.26 Å². The van der Waals surface area contributed by atoms with Crippen LogP contribution < -0.4 is 0 Å². The molecule has 2 aliphatic heterocycles. The van der Waals surface area contributed by atoms with Crippen molar-refractivity contribution in [3.63, 3.8) is 0 Å². The normalized spacial score (nSPS) is 33.1. The average Bonchev–Trinajstić information content (AvgIpc) is 2.89. The molecule has 2 heterocycles. The monoisotopic (exact) mass is 611 g/mol. The molecule has 0 aromatic carbocycles. The standard InChI is InChI=1S/C31H49NO11/c1-12-22-18(4)25(39-20(6)34)26(40-21(7)35)28(41-22)43-27-17(3)16(2)24(38-19(5)33)23(42-27)13-37-29(36)31(10,11)14-30(8,9)15-32/h16-18,22-28H,12-14H2,1-11H3/t16-,17-,18-,22-,23-,24?,25+,26-,27-,28-/m1/s1. The number of hydrogen-bond acceptors (Lipinski definition) is 12. The third kappa shape index (κ3) is 9.62. The fourth-order valence-electron chi connectivity index (χ4n) is 5.92. The third-order valence-corrected chi connectivity index (χ3v) is 8.15. The van der Waals surface area contributed by atoms with Gasteiger partial charge in [0.1, 0.15) is 24.9 Å². The Morgan fingerprint density at radius 1 is 0.744 bits per heavy atom. The summed E-state index contributed by atoms with van der Waals surface area (Å²) >= 11 is 0. The van der Waals surface area contributed by atoms with Gasteiger partial charge in [-0.25, -0.2) is 0 Å². The van der Waals surface area contributed by atoms with Gasteiger partial charge in [0.2, 0.25) is 6.29 Å². The van der Waals surface area contributed by atoms with Crippen LogP contribution in [-0.2, 0) is 52.3 Å². The number of esters is 4. The number of rotatable bonds is 11. The van der Waals surface area contributed by atoms with Gasteiger partial charge in [0, 0.05) is 38.5 Å². The van der Waals surface area contributed by atoms with E-state index in [2.05, 4.69) is 6.07 Å². The highest BCUT2D eigenvalue weighted by atomic mass is 16.8. The van der Waals surface area contributed by atoms with Gasteiger partial charge in [0.25, 0.3) is 0 Å². The largest absolute Gasteiger partial charge is 0.462 e. The molecule has 0 N–H and O–H groups in total. The highest BCUT2D eigenvalue weighted by Gasteiger charge is 2.52. The molecule has 43 heavy (non-hydrogen) atoms. The van der Waals surface area contributed by atoms with Crippen LogP contribution in [0, 0.1) is 39.9 Å². The first-order chi connectivity index (χ1) is 19.8. The SMILES string of the molecule is CC[C@H]1O[C@H](O[C@H]2O[C@H](COC(=O)C(C)(C)CC(C)(C)C#N)C(OC(C)=O)[C@H](C)[C@H]2C)[C@H](OC(C)=O)[C@@H](OC(C)=O)[C@@H]1C. The Bertz CT molecular complexity index is 1050. The van der Waals surface area contributed by atoms with E-state index in [0.29, 0.717) is 6.42 Å². The van der Waals surface area contributed by atoms with Gasteiger partial charge in [-0.2, -0.15) is 5.26 Å². The molecule has 10 atom stereocenters. The molecule has 0 radical (unpaired) electrons. The molecule has 0 saturated carbocycles. The van der Waals surface area contributed by atoms with Crippen molar-refractivity contribution in [2.24, 2.45) is 28.6 Å². The summed E-state index contributed by atoms with van der Waals surface area (Å²) in [5, 5.41) is 9.44. The van der Waals surface area contributed by atoms with Crippen LogP contribution in [0.25, 0.3) is 0 Å². The molecule has 2 rings (SSSR count). The van der Waals surface area contributed by atoms with E-state index in [1.54, 1.807) is 27.7 Å². The summed E-state index contributed by atoms with van der Waals surface area (Å²) in [5.74, 6) is -3.14. The van der Waals surface area contributed by atoms with Crippen molar-refractivity contribution in [2.45, 2.75) is 132 Å². The maximum atomic E-state index is 13.1. The summed E-state index contributed by atoms with van der Waals surface area (Å²) in [5.41, 5.74) is -1.71. The first kappa shape index (κ1) is 36.4. The lowest BCUT2D eigenvalue weighted by molar-refractivity contribution is -0.360. The topological polar surface area (TPSA) is 157 Å². The lowest BCUT2D eigenvalue weighted by Gasteiger charge is -2.48. The van der Waals surface area contributed by atoms with E-state index < -0.39 is 71.7 Å². The number of ether oxygens (including phenoxy) is 7. The minimum Gasteiger partial charge on any atom is -0.462 e. The molecular formula is C31H49NO11. The van der Waals surface area contributed by atoms with E-state index in [9.17, 15) is 24.4 Å². The summed E-state index contributed by atoms with van der Waals surface area (Å²) in [6, 6.07) is 2.20. The van der Waals surface area contributed by atoms with Crippen LogP contribution in [0.1, 0.15) is 89.0 Å². The highest BCUT2D eigenvalue weighted by molar-refractivity contribution is 5.76. The smallest absolute Gasteiger partial charge is 0.311 e. The summed E-state index contributed by atoms with van der Waals surface area (Å²) in [6.07, 6.45) is -5.18. The van der Waals surface area contributed by atoms with Gasteiger partial charge >= 0.3 is 23.9 Å². The molecule has 0 bridgehead atoms. The average molecular weight is 612 g/mol. The second kappa shape index (κ2) is 14.8. The molecule has 12 nitrogen and oxygen atoms in total. The Morgan fingerprint density at radius 2 is 1.26 bits per heavy atom. The lowest BCUT2D eigenvalue weighted by atomic mass is 9.76. The first-order valence-electron chi connectivity index (χ1n) is 14.9. The highest BCUT2D eigenvalue weighted by Crippen LogP contribution is 2.39. The van der Waals surface area contributed by atoms with E-state index >= 15 is 0 Å². The summed E-state index contributed by atoms with van der Waals surface area (Å²) in [4.78, 5) is 49.2. The van der Waals surface area contributed by atoms with Crippen LogP contribution in [0.2, 0.25) is 0 Å². The second-order valence-corrected chi connectivity index (χ2v) is 13.1. The summed E-state index contributed by atoms with van der Waals surface area (Å²) in [7, 11) is 0. The molecule has 0 aliphatic carbocycles. The van der Waals surface area contributed by atoms with Gasteiger partial charge in [-0.1, -0.05) is 27.7 Å². The number of carbonyl (C=O) groups excluding carboxylic acids is 4. The predicted molar refractivity (Wildman–Crippen MR) is 152 cm³/mol. The Hall–Kier alpha value is -2.75. The van der Waals surface area contributed by atoms with E-state index in [1.807, 2.05) is 27.7 Å². The van der Waals surface area contributed by atoms with E-state index in [4.69, 9.17) is 33.2 Å². The maximum absolute atomic E-state index is 13.1. The number of hydrogen-bond donors (Lipinski definition) is 0. The minimum absolute atomic E-state index is 0.242. The molecule has 1 unspecified atom stereocenters. The first-order valence-corrected chi connectivity index (χ1v) is 14.9. The molecule has 12 heteroatoms. The Labute approximate surface area is 255 Å². The fourth-order valence-corrected chi connectivity index (χ4v) is 5.92. The van der Waals surface area contributed by atoms with Gasteiger partial charge < -0.3 is 33.2 Å². The fraction of sp³-hybridized carbons (Fsp3) is 0.839. The molecule has 2 fully saturated rings. The van der Waals surface area contributed by atoms with Crippen LogP contribution in [0.15, 0.2) is 0 Å². The van der Waals surface area contributed by atoms with Crippen molar-refractivity contribution in [3.8, 4) is 6.07 Å². The molecule has 0 amide bonds. The number of carbonyl (C=O) groups is 4. The molecule has 244 valence electrons. The predicted octanol–water partition coefficient (Wildman–Crippen LogP) is 4.08. The van der Waals surface area contributed by atoms with E-state index in [1.165, 1.54) is 20.8 Å². The molecule has 2 aliphatic rings. The van der Waals surface area contributed by atoms with Crippen molar-refractivity contribution < 1.29 is 52.3 Å². The minimum atomic E-state index is -1.14. The zero-order valence-corrected chi connectivity index (χ0v) is 27.3. The molecular weight excluding hydrogens is 562 g/mol. The summed E-state index contributed by atoms with van der Waals surface area (Å²) in [6.45, 7) is 18.0. The van der Waals surface area contributed by atoms with Crippen LogP contribution in [0.5, 0.6) is 0 Å². The van der Waals surface area contributed by atoms with Crippen LogP contribution in [0.3, 0.4) is 0 Å². The maximum Gasteiger partial charge on any atom is 0.311 e. The molecule has 2 saturated heterocycles. The Kier molecular flexibility index (Phi) is 12.6. The summed E-state index contributed by atoms with van der Waals surface area (Å²) < 4.78 is 41.3. The second-order valence-electron chi connectivity index (χ2n) is 13.1. The molecule has 0 aromatic heterocycles. The lowest BCUT2D eigenvalue weighted by Crippen LogP contribution is -2.60. The van der Waals surface area contributed by atoms with Gasteiger partial charge in [-0.15, -0.1) is 0 Å². The zero-order valence-electron chi connectivity index (χ0n) is 27.3. The van der Waals surface area contributed by atoms with Crippen molar-refractivity contribution in [3.05, 3.63) is 0 Å². The van der Waals surface area contributed by atoms with E-state index in [0.717, 1.165) is 0 Å². The quantitative estimate of drug-likeness (QED) is 0.244. The van der Waals surface area contributed by atoms with Gasteiger partial charge in [-0.05, 0) is 40.5 Å². The van der Waals surface area contributed by atoms with Gasteiger partial charge in [0.15, 0.2) is 12.4 Å². The number of nitrogens with zero attached hydrogens (tertiary/aromatic N) is 1. The van der Waals surface area contributed by atoms with Crippen molar-refractivity contribution in [1.82, 2.24) is 0 Å². The molecule has 0 aromatic rings. The van der Waals surface area contributed by atoms with E-state index in [-0.39, 0.29) is 36.9 Å². The van der Waals surface area contributed by atoms with Crippen LogP contribution >= 0.6 is 0 Å². The third-order valence-electron chi connectivity index (χ3n) is 8.15. The van der Waals surface area contributed by atoms with Gasteiger partial charge in [-0.3, -0.25) is 19.2 Å². The van der Waals surface area contributed by atoms with Crippen molar-refractivity contribution >= 4 is 23.9 Å².